The Balaban J connectivity index is 1.64. The number of amides is 1. The zero-order valence-corrected chi connectivity index (χ0v) is 14.4. The summed E-state index contributed by atoms with van der Waals surface area (Å²) in [6, 6.07) is 3.65. The van der Waals surface area contributed by atoms with E-state index < -0.39 is 17.2 Å². The monoisotopic (exact) mass is 376 g/mol. The molecule has 0 aliphatic carbocycles. The van der Waals surface area contributed by atoms with E-state index in [9.17, 15) is 14.4 Å². The molecule has 4 heterocycles. The Morgan fingerprint density at radius 3 is 3.08 bits per heavy atom. The van der Waals surface area contributed by atoms with Gasteiger partial charge < -0.3 is 9.51 Å². The van der Waals surface area contributed by atoms with Crippen LogP contribution in [0.5, 0.6) is 0 Å². The normalized spacial score (nSPS) is 13.0. The number of fused-ring (bicyclic) bond motifs is 1. The molecule has 2 N–H and O–H groups in total. The molecular weight excluding hydrogens is 364 g/mol. The van der Waals surface area contributed by atoms with Gasteiger partial charge in [0.1, 0.15) is 5.56 Å². The Morgan fingerprint density at radius 2 is 2.28 bits per heavy atom. The molecule has 0 saturated heterocycles. The van der Waals surface area contributed by atoms with Gasteiger partial charge in [0.25, 0.3) is 11.5 Å². The molecule has 1 amide bonds. The van der Waals surface area contributed by atoms with Crippen molar-refractivity contribution in [1.29, 1.82) is 0 Å². The van der Waals surface area contributed by atoms with Crippen LogP contribution >= 0.6 is 23.1 Å². The Morgan fingerprint density at radius 1 is 1.40 bits per heavy atom. The van der Waals surface area contributed by atoms with Crippen molar-refractivity contribution in [2.24, 2.45) is 0 Å². The first kappa shape index (κ1) is 15.9. The summed E-state index contributed by atoms with van der Waals surface area (Å²) in [5, 5.41) is 8.32. The maximum Gasteiger partial charge on any atom is 0.328 e. The van der Waals surface area contributed by atoms with Crippen molar-refractivity contribution in [3.8, 4) is 0 Å². The number of thiophene rings is 1. The fraction of sp³-hybridized carbons (Fsp3) is 0.200. The molecule has 25 heavy (non-hydrogen) atoms. The molecule has 0 bridgehead atoms. The lowest BCUT2D eigenvalue weighted by Crippen LogP contribution is -2.39. The summed E-state index contributed by atoms with van der Waals surface area (Å²) >= 11 is 3.10. The molecule has 3 aromatic rings. The lowest BCUT2D eigenvalue weighted by molar-refractivity contribution is 0.102. The van der Waals surface area contributed by atoms with Gasteiger partial charge in [-0.15, -0.1) is 11.3 Å². The number of anilines is 1. The topological polar surface area (TPSA) is 110 Å². The van der Waals surface area contributed by atoms with Crippen LogP contribution in [0, 0.1) is 0 Å². The molecule has 8 nitrogen and oxygen atoms in total. The molecule has 0 atom stereocenters. The van der Waals surface area contributed by atoms with E-state index in [0.717, 1.165) is 32.7 Å². The summed E-state index contributed by atoms with van der Waals surface area (Å²) in [5.41, 5.74) is 0.262. The predicted octanol–water partition coefficient (Wildman–Crippen LogP) is 1.63. The zero-order valence-electron chi connectivity index (χ0n) is 12.8. The average Bonchev–Trinajstić information content (AvgIpc) is 3.31. The molecule has 0 radical (unpaired) electrons. The standard InChI is InChI=1S/C15H12N4O4S2/c20-12(17-13-10-6-24-7-11(10)18-23-13)9-4-16-15(22)19(14(9)21)5-8-2-1-3-25-8/h1-4H,5-7H2,(H,16,22)(H,17,20). The third-order valence-electron chi connectivity index (χ3n) is 3.78. The average molecular weight is 376 g/mol. The van der Waals surface area contributed by atoms with Crippen LogP contribution in [0.15, 0.2) is 37.8 Å². The number of carbonyl (C=O) groups is 1. The van der Waals surface area contributed by atoms with Crippen LogP contribution in [0.3, 0.4) is 0 Å². The fourth-order valence-corrected chi connectivity index (χ4v) is 4.22. The van der Waals surface area contributed by atoms with E-state index in [0.29, 0.717) is 5.75 Å². The predicted molar refractivity (Wildman–Crippen MR) is 94.2 cm³/mol. The molecule has 128 valence electrons. The number of rotatable bonds is 4. The van der Waals surface area contributed by atoms with Gasteiger partial charge in [-0.2, -0.15) is 11.8 Å². The number of nitrogens with one attached hydrogen (secondary N) is 2. The van der Waals surface area contributed by atoms with Gasteiger partial charge in [0.2, 0.25) is 5.88 Å². The minimum absolute atomic E-state index is 0.112. The molecule has 4 rings (SSSR count). The molecule has 0 fully saturated rings. The fourth-order valence-electron chi connectivity index (χ4n) is 2.50. The van der Waals surface area contributed by atoms with Crippen LogP contribution < -0.4 is 16.6 Å². The molecule has 0 unspecified atom stereocenters. The summed E-state index contributed by atoms with van der Waals surface area (Å²) in [4.78, 5) is 40.3. The molecule has 0 saturated carbocycles. The lowest BCUT2D eigenvalue weighted by atomic mass is 10.2. The van der Waals surface area contributed by atoms with Gasteiger partial charge in [0.15, 0.2) is 0 Å². The highest BCUT2D eigenvalue weighted by atomic mass is 32.2. The SMILES string of the molecule is O=C(Nc1onc2c1CSC2)c1c[nH]c(=O)n(Cc2cccs2)c1=O. The lowest BCUT2D eigenvalue weighted by Gasteiger charge is -2.06. The van der Waals surface area contributed by atoms with E-state index in [1.54, 1.807) is 11.8 Å². The highest BCUT2D eigenvalue weighted by molar-refractivity contribution is 7.98. The van der Waals surface area contributed by atoms with Crippen molar-refractivity contribution in [2.75, 3.05) is 5.32 Å². The number of aromatic amines is 1. The Bertz CT molecular complexity index is 1050. The van der Waals surface area contributed by atoms with E-state index in [-0.39, 0.29) is 18.0 Å². The summed E-state index contributed by atoms with van der Waals surface area (Å²) in [5.74, 6) is 1.04. The van der Waals surface area contributed by atoms with E-state index in [2.05, 4.69) is 15.5 Å². The van der Waals surface area contributed by atoms with Gasteiger partial charge in [-0.3, -0.25) is 19.5 Å². The second-order valence-corrected chi connectivity index (χ2v) is 7.38. The van der Waals surface area contributed by atoms with Crippen molar-refractivity contribution in [3.05, 3.63) is 66.2 Å². The summed E-state index contributed by atoms with van der Waals surface area (Å²) < 4.78 is 6.14. The van der Waals surface area contributed by atoms with Gasteiger partial charge in [-0.05, 0) is 11.4 Å². The van der Waals surface area contributed by atoms with Gasteiger partial charge in [-0.25, -0.2) is 4.79 Å². The van der Waals surface area contributed by atoms with Gasteiger partial charge in [0, 0.05) is 22.6 Å². The Kier molecular flexibility index (Phi) is 4.06. The van der Waals surface area contributed by atoms with Crippen molar-refractivity contribution in [1.82, 2.24) is 14.7 Å². The first-order valence-electron chi connectivity index (χ1n) is 7.35. The maximum absolute atomic E-state index is 12.6. The van der Waals surface area contributed by atoms with Crippen molar-refractivity contribution < 1.29 is 9.32 Å². The molecule has 1 aliphatic heterocycles. The third kappa shape index (κ3) is 2.94. The number of hydrogen-bond acceptors (Lipinski definition) is 7. The Hall–Kier alpha value is -2.59. The number of nitrogens with zero attached hydrogens (tertiary/aromatic N) is 2. The van der Waals surface area contributed by atoms with Crippen LogP contribution in [0.2, 0.25) is 0 Å². The molecule has 0 aromatic carbocycles. The van der Waals surface area contributed by atoms with E-state index >= 15 is 0 Å². The smallest absolute Gasteiger partial charge is 0.328 e. The number of thioether (sulfide) groups is 1. The maximum atomic E-state index is 12.6. The minimum atomic E-state index is -0.653. The van der Waals surface area contributed by atoms with Gasteiger partial charge in [0.05, 0.1) is 17.8 Å². The number of H-pyrrole nitrogens is 1. The second kappa shape index (κ2) is 6.37. The van der Waals surface area contributed by atoms with Crippen LogP contribution in [0.25, 0.3) is 0 Å². The second-order valence-electron chi connectivity index (χ2n) is 5.36. The van der Waals surface area contributed by atoms with Gasteiger partial charge >= 0.3 is 5.69 Å². The van der Waals surface area contributed by atoms with E-state index in [1.807, 2.05) is 17.5 Å². The van der Waals surface area contributed by atoms with Crippen molar-refractivity contribution in [3.63, 3.8) is 0 Å². The minimum Gasteiger partial charge on any atom is -0.338 e. The first-order chi connectivity index (χ1) is 12.1. The quantitative estimate of drug-likeness (QED) is 0.716. The zero-order chi connectivity index (χ0) is 17.4. The van der Waals surface area contributed by atoms with E-state index in [1.165, 1.54) is 11.3 Å². The summed E-state index contributed by atoms with van der Waals surface area (Å²) in [7, 11) is 0. The summed E-state index contributed by atoms with van der Waals surface area (Å²) in [6.45, 7) is 0.112. The highest BCUT2D eigenvalue weighted by Gasteiger charge is 2.24. The molecular formula is C15H12N4O4S2. The number of aromatic nitrogens is 3. The number of carbonyl (C=O) groups excluding carboxylic acids is 1. The highest BCUT2D eigenvalue weighted by Crippen LogP contribution is 2.34. The number of hydrogen-bond donors (Lipinski definition) is 2. The van der Waals surface area contributed by atoms with Crippen LogP contribution in [0.1, 0.15) is 26.5 Å². The molecule has 0 spiro atoms. The van der Waals surface area contributed by atoms with E-state index in [4.69, 9.17) is 4.52 Å². The molecule has 10 heteroatoms. The van der Waals surface area contributed by atoms with Crippen LogP contribution in [0.4, 0.5) is 5.88 Å². The van der Waals surface area contributed by atoms with Crippen LogP contribution in [-0.4, -0.2) is 20.6 Å². The Labute approximate surface area is 148 Å². The van der Waals surface area contributed by atoms with Crippen molar-refractivity contribution >= 4 is 34.9 Å². The van der Waals surface area contributed by atoms with Crippen LogP contribution in [-0.2, 0) is 18.1 Å². The molecule has 3 aromatic heterocycles. The largest absolute Gasteiger partial charge is 0.338 e. The first-order valence-corrected chi connectivity index (χ1v) is 9.38. The van der Waals surface area contributed by atoms with Gasteiger partial charge in [-0.1, -0.05) is 11.2 Å². The third-order valence-corrected chi connectivity index (χ3v) is 5.61. The van der Waals surface area contributed by atoms with Crippen molar-refractivity contribution in [2.45, 2.75) is 18.1 Å². The summed E-state index contributed by atoms with van der Waals surface area (Å²) in [6.07, 6.45) is 1.12. The molecule has 1 aliphatic rings.